The fourth-order valence-corrected chi connectivity index (χ4v) is 2.92. The predicted octanol–water partition coefficient (Wildman–Crippen LogP) is 2.65. The molecule has 1 aliphatic carbocycles. The summed E-state index contributed by atoms with van der Waals surface area (Å²) >= 11 is 0. The van der Waals surface area contributed by atoms with Gasteiger partial charge in [-0.05, 0) is 48.9 Å². The van der Waals surface area contributed by atoms with E-state index in [2.05, 4.69) is 11.4 Å². The molecule has 5 nitrogen and oxygen atoms in total. The number of anilines is 1. The highest BCUT2D eigenvalue weighted by Crippen LogP contribution is 2.24. The maximum Gasteiger partial charge on any atom is 0.306 e. The summed E-state index contributed by atoms with van der Waals surface area (Å²) in [5.74, 6) is -0.323. The molecule has 1 N–H and O–H groups in total. The van der Waals surface area contributed by atoms with Crippen molar-refractivity contribution in [3.63, 3.8) is 0 Å². The SMILES string of the molecule is O=C1CCc2cc(C(=O)COC(=O)C[C@H]3C=CCC3)ccc2N1. The molecular formula is C18H19NO4. The number of Topliss-reactive ketones (excluding diaryl/α,β-unsaturated/α-hetero) is 1. The van der Waals surface area contributed by atoms with Crippen LogP contribution < -0.4 is 5.32 Å². The van der Waals surface area contributed by atoms with Gasteiger partial charge in [0.1, 0.15) is 0 Å². The van der Waals surface area contributed by atoms with E-state index in [4.69, 9.17) is 4.74 Å². The summed E-state index contributed by atoms with van der Waals surface area (Å²) in [6, 6.07) is 5.15. The Kier molecular flexibility index (Phi) is 4.55. The topological polar surface area (TPSA) is 72.5 Å². The van der Waals surface area contributed by atoms with Crippen LogP contribution in [0.15, 0.2) is 30.4 Å². The first kappa shape index (κ1) is 15.5. The van der Waals surface area contributed by atoms with E-state index >= 15 is 0 Å². The van der Waals surface area contributed by atoms with Gasteiger partial charge < -0.3 is 10.1 Å². The van der Waals surface area contributed by atoms with Crippen molar-refractivity contribution in [3.8, 4) is 0 Å². The Balaban J connectivity index is 1.55. The molecule has 1 aromatic rings. The zero-order chi connectivity index (χ0) is 16.2. The fourth-order valence-electron chi connectivity index (χ4n) is 2.92. The Hall–Kier alpha value is -2.43. The second-order valence-corrected chi connectivity index (χ2v) is 5.97. The minimum absolute atomic E-state index is 0.00790. The number of allylic oxidation sites excluding steroid dienone is 2. The van der Waals surface area contributed by atoms with Crippen LogP contribution in [0.25, 0.3) is 0 Å². The quantitative estimate of drug-likeness (QED) is 0.515. The van der Waals surface area contributed by atoms with Gasteiger partial charge in [0.25, 0.3) is 0 Å². The molecule has 0 spiro atoms. The van der Waals surface area contributed by atoms with Gasteiger partial charge in [0, 0.05) is 17.7 Å². The molecule has 5 heteroatoms. The van der Waals surface area contributed by atoms with E-state index < -0.39 is 0 Å². The lowest BCUT2D eigenvalue weighted by Crippen LogP contribution is -2.20. The number of aryl methyl sites for hydroxylation is 1. The summed E-state index contributed by atoms with van der Waals surface area (Å²) in [6.07, 6.45) is 7.45. The average Bonchev–Trinajstić information content (AvgIpc) is 3.05. The lowest BCUT2D eigenvalue weighted by molar-refractivity contribution is -0.143. The van der Waals surface area contributed by atoms with Crippen molar-refractivity contribution >= 4 is 23.3 Å². The van der Waals surface area contributed by atoms with Crippen molar-refractivity contribution < 1.29 is 19.1 Å². The number of amides is 1. The van der Waals surface area contributed by atoms with Crippen LogP contribution in [0.2, 0.25) is 0 Å². The Morgan fingerprint density at radius 3 is 2.91 bits per heavy atom. The molecule has 1 atom stereocenters. The standard InChI is InChI=1S/C18H19NO4/c20-16(11-23-18(22)9-12-3-1-2-4-12)14-5-7-15-13(10-14)6-8-17(21)19-15/h1,3,5,7,10,12H,2,4,6,8-9,11H2,(H,19,21)/t12-/m0/s1. The molecule has 0 saturated heterocycles. The maximum absolute atomic E-state index is 12.2. The van der Waals surface area contributed by atoms with Gasteiger partial charge in [0.15, 0.2) is 12.4 Å². The second kappa shape index (κ2) is 6.77. The first-order valence-corrected chi connectivity index (χ1v) is 7.90. The fraction of sp³-hybridized carbons (Fsp3) is 0.389. The largest absolute Gasteiger partial charge is 0.457 e. The normalized spacial score (nSPS) is 19.1. The van der Waals surface area contributed by atoms with Crippen LogP contribution in [-0.4, -0.2) is 24.3 Å². The van der Waals surface area contributed by atoms with Gasteiger partial charge in [-0.2, -0.15) is 0 Å². The molecule has 1 amide bonds. The molecule has 0 radical (unpaired) electrons. The number of carbonyl (C=O) groups excluding carboxylic acids is 3. The Morgan fingerprint density at radius 1 is 1.26 bits per heavy atom. The summed E-state index contributed by atoms with van der Waals surface area (Å²) in [5.41, 5.74) is 2.20. The highest BCUT2D eigenvalue weighted by Gasteiger charge is 2.19. The number of esters is 1. The van der Waals surface area contributed by atoms with E-state index in [9.17, 15) is 14.4 Å². The second-order valence-electron chi connectivity index (χ2n) is 5.97. The third-order valence-corrected chi connectivity index (χ3v) is 4.23. The van der Waals surface area contributed by atoms with Crippen LogP contribution in [0.1, 0.15) is 41.6 Å². The summed E-state index contributed by atoms with van der Waals surface area (Å²) < 4.78 is 5.09. The van der Waals surface area contributed by atoms with Crippen LogP contribution in [-0.2, 0) is 20.7 Å². The minimum atomic E-state index is -0.333. The number of rotatable bonds is 5. The van der Waals surface area contributed by atoms with E-state index in [0.717, 1.165) is 24.1 Å². The van der Waals surface area contributed by atoms with Crippen molar-refractivity contribution in [1.82, 2.24) is 0 Å². The first-order chi connectivity index (χ1) is 11.1. The van der Waals surface area contributed by atoms with E-state index in [1.165, 1.54) is 0 Å². The van der Waals surface area contributed by atoms with Gasteiger partial charge in [0.2, 0.25) is 5.91 Å². The van der Waals surface area contributed by atoms with Crippen LogP contribution in [0.5, 0.6) is 0 Å². The van der Waals surface area contributed by atoms with Gasteiger partial charge >= 0.3 is 5.97 Å². The van der Waals surface area contributed by atoms with E-state index in [1.807, 2.05) is 6.08 Å². The van der Waals surface area contributed by atoms with Gasteiger partial charge in [-0.15, -0.1) is 0 Å². The summed E-state index contributed by atoms with van der Waals surface area (Å²) in [7, 11) is 0. The number of fused-ring (bicyclic) bond motifs is 1. The molecule has 23 heavy (non-hydrogen) atoms. The molecule has 120 valence electrons. The van der Waals surface area contributed by atoms with Gasteiger partial charge in [-0.25, -0.2) is 0 Å². The molecule has 1 heterocycles. The van der Waals surface area contributed by atoms with Crippen LogP contribution in [0.4, 0.5) is 5.69 Å². The van der Waals surface area contributed by atoms with Crippen molar-refractivity contribution in [2.24, 2.45) is 5.92 Å². The zero-order valence-corrected chi connectivity index (χ0v) is 12.8. The third kappa shape index (κ3) is 3.86. The number of hydrogen-bond donors (Lipinski definition) is 1. The number of nitrogens with one attached hydrogen (secondary N) is 1. The molecule has 3 rings (SSSR count). The third-order valence-electron chi connectivity index (χ3n) is 4.23. The van der Waals surface area contributed by atoms with Crippen molar-refractivity contribution in [3.05, 3.63) is 41.5 Å². The highest BCUT2D eigenvalue weighted by molar-refractivity contribution is 6.00. The summed E-state index contributed by atoms with van der Waals surface area (Å²) in [5, 5.41) is 2.77. The van der Waals surface area contributed by atoms with E-state index in [-0.39, 0.29) is 30.2 Å². The Morgan fingerprint density at radius 2 is 2.13 bits per heavy atom. The molecule has 0 saturated carbocycles. The van der Waals surface area contributed by atoms with Gasteiger partial charge in [0.05, 0.1) is 6.42 Å². The van der Waals surface area contributed by atoms with Crippen molar-refractivity contribution in [2.45, 2.75) is 32.1 Å². The number of ether oxygens (including phenoxy) is 1. The number of carbonyl (C=O) groups is 3. The Bertz CT molecular complexity index is 678. The van der Waals surface area contributed by atoms with Gasteiger partial charge in [-0.1, -0.05) is 12.2 Å². The molecule has 0 bridgehead atoms. The first-order valence-electron chi connectivity index (χ1n) is 7.90. The zero-order valence-electron chi connectivity index (χ0n) is 12.8. The molecule has 0 fully saturated rings. The monoisotopic (exact) mass is 313 g/mol. The predicted molar refractivity (Wildman–Crippen MR) is 85.2 cm³/mol. The van der Waals surface area contributed by atoms with Crippen molar-refractivity contribution in [1.29, 1.82) is 0 Å². The highest BCUT2D eigenvalue weighted by atomic mass is 16.5. The lowest BCUT2D eigenvalue weighted by atomic mass is 9.99. The molecule has 2 aliphatic rings. The number of hydrogen-bond acceptors (Lipinski definition) is 4. The van der Waals surface area contributed by atoms with Crippen LogP contribution >= 0.6 is 0 Å². The van der Waals surface area contributed by atoms with E-state index in [1.54, 1.807) is 18.2 Å². The van der Waals surface area contributed by atoms with E-state index in [0.29, 0.717) is 24.8 Å². The summed E-state index contributed by atoms with van der Waals surface area (Å²) in [6.45, 7) is -0.236. The minimum Gasteiger partial charge on any atom is -0.457 e. The maximum atomic E-state index is 12.2. The molecule has 0 aromatic heterocycles. The van der Waals surface area contributed by atoms with Crippen molar-refractivity contribution in [2.75, 3.05) is 11.9 Å². The molecule has 0 unspecified atom stereocenters. The molecule has 1 aromatic carbocycles. The lowest BCUT2D eigenvalue weighted by Gasteiger charge is -2.17. The smallest absolute Gasteiger partial charge is 0.306 e. The Labute approximate surface area is 134 Å². The number of benzene rings is 1. The number of ketones is 1. The molecular weight excluding hydrogens is 294 g/mol. The summed E-state index contributed by atoms with van der Waals surface area (Å²) in [4.78, 5) is 35.2. The molecule has 1 aliphatic heterocycles. The van der Waals surface area contributed by atoms with Crippen LogP contribution in [0, 0.1) is 5.92 Å². The van der Waals surface area contributed by atoms with Crippen LogP contribution in [0.3, 0.4) is 0 Å². The average molecular weight is 313 g/mol. The van der Waals surface area contributed by atoms with Gasteiger partial charge in [-0.3, -0.25) is 14.4 Å².